The van der Waals surface area contributed by atoms with Gasteiger partial charge in [-0.25, -0.2) is 13.1 Å². The number of aliphatic imine (C=N–C) groups is 1. The molecule has 8 nitrogen and oxygen atoms in total. The van der Waals surface area contributed by atoms with E-state index >= 15 is 0 Å². The van der Waals surface area contributed by atoms with Crippen molar-refractivity contribution in [3.05, 3.63) is 59.2 Å². The van der Waals surface area contributed by atoms with Gasteiger partial charge in [0.25, 0.3) is 0 Å². The third-order valence-electron chi connectivity index (χ3n) is 4.70. The average molecular weight is 577 g/mol. The molecular weight excluding hydrogens is 543 g/mol. The molecule has 10 heteroatoms. The van der Waals surface area contributed by atoms with Crippen molar-refractivity contribution in [1.82, 2.24) is 15.4 Å². The van der Waals surface area contributed by atoms with Crippen molar-refractivity contribution in [2.24, 2.45) is 4.99 Å². The molecule has 0 fully saturated rings. The number of nitrogens with zero attached hydrogens (tertiary/aromatic N) is 1. The van der Waals surface area contributed by atoms with Crippen LogP contribution < -0.4 is 20.1 Å². The summed E-state index contributed by atoms with van der Waals surface area (Å²) >= 11 is 0. The van der Waals surface area contributed by atoms with E-state index in [4.69, 9.17) is 9.47 Å². The molecule has 0 radical (unpaired) electrons. The van der Waals surface area contributed by atoms with E-state index in [2.05, 4.69) is 26.4 Å². The quantitative estimate of drug-likeness (QED) is 0.174. The van der Waals surface area contributed by atoms with Gasteiger partial charge < -0.3 is 20.1 Å². The van der Waals surface area contributed by atoms with Crippen molar-refractivity contribution in [3.8, 4) is 5.75 Å². The van der Waals surface area contributed by atoms with E-state index in [1.165, 1.54) is 7.11 Å². The molecule has 0 amide bonds. The van der Waals surface area contributed by atoms with Crippen LogP contribution in [-0.4, -0.2) is 48.8 Å². The molecule has 0 saturated carbocycles. The zero-order valence-corrected chi connectivity index (χ0v) is 22.3. The summed E-state index contributed by atoms with van der Waals surface area (Å²) in [5.74, 6) is 1.41. The van der Waals surface area contributed by atoms with Gasteiger partial charge in [0.05, 0.1) is 24.7 Å². The number of hydrogen-bond acceptors (Lipinski definition) is 5. The van der Waals surface area contributed by atoms with E-state index in [1.807, 2.05) is 32.0 Å². The summed E-state index contributed by atoms with van der Waals surface area (Å²) in [6.45, 7) is 5.01. The minimum Gasteiger partial charge on any atom is -0.496 e. The number of aryl methyl sites for hydroxylation is 1. The average Bonchev–Trinajstić information content (AvgIpc) is 2.76. The van der Waals surface area contributed by atoms with Gasteiger partial charge in [0.15, 0.2) is 5.96 Å². The third kappa shape index (κ3) is 8.23. The summed E-state index contributed by atoms with van der Waals surface area (Å²) < 4.78 is 37.7. The molecule has 0 aliphatic heterocycles. The molecular formula is C22H33IN4O4S. The van der Waals surface area contributed by atoms with Gasteiger partial charge in [0.1, 0.15) is 5.75 Å². The first-order valence-electron chi connectivity index (χ1n) is 10.00. The van der Waals surface area contributed by atoms with Crippen molar-refractivity contribution in [1.29, 1.82) is 0 Å². The Bertz CT molecular complexity index is 999. The van der Waals surface area contributed by atoms with E-state index in [-0.39, 0.29) is 41.5 Å². The molecule has 2 aromatic rings. The molecule has 0 aliphatic carbocycles. The molecule has 0 aliphatic rings. The summed E-state index contributed by atoms with van der Waals surface area (Å²) in [4.78, 5) is 4.49. The Labute approximate surface area is 208 Å². The normalized spacial score (nSPS) is 12.6. The Morgan fingerprint density at radius 3 is 2.56 bits per heavy atom. The fourth-order valence-electron chi connectivity index (χ4n) is 3.04. The minimum absolute atomic E-state index is 0. The lowest BCUT2D eigenvalue weighted by atomic mass is 10.0. The van der Waals surface area contributed by atoms with E-state index in [0.29, 0.717) is 19.1 Å². The number of benzene rings is 2. The van der Waals surface area contributed by atoms with Gasteiger partial charge in [-0.05, 0) is 37.6 Å². The lowest BCUT2D eigenvalue weighted by Crippen LogP contribution is -2.38. The molecule has 0 aromatic heterocycles. The van der Waals surface area contributed by atoms with Crippen LogP contribution in [0.25, 0.3) is 0 Å². The molecule has 0 spiro atoms. The minimum atomic E-state index is -3.58. The molecule has 1 unspecified atom stereocenters. The van der Waals surface area contributed by atoms with E-state index in [1.54, 1.807) is 32.4 Å². The topological polar surface area (TPSA) is 101 Å². The highest BCUT2D eigenvalue weighted by Crippen LogP contribution is 2.26. The van der Waals surface area contributed by atoms with Gasteiger partial charge in [0.2, 0.25) is 10.0 Å². The fraction of sp³-hybridized carbons (Fsp3) is 0.409. The van der Waals surface area contributed by atoms with E-state index in [9.17, 15) is 8.42 Å². The zero-order valence-electron chi connectivity index (χ0n) is 19.1. The van der Waals surface area contributed by atoms with Gasteiger partial charge in [-0.3, -0.25) is 4.99 Å². The van der Waals surface area contributed by atoms with Crippen molar-refractivity contribution in [2.75, 3.05) is 34.4 Å². The lowest BCUT2D eigenvalue weighted by molar-refractivity contribution is 0.204. The van der Waals surface area contributed by atoms with E-state index < -0.39 is 10.0 Å². The standard InChI is InChI=1S/C22H32N4O4S.HI/c1-16-9-10-21(30-5)20(13-16)17(2)26-22(23-3)24-15-18-7-6-8-19(14-18)31(27,28)25-11-12-29-4;/h6-10,13-14,17,25H,11-12,15H2,1-5H3,(H2,23,24,26);1H. The van der Waals surface area contributed by atoms with Crippen molar-refractivity contribution in [3.63, 3.8) is 0 Å². The van der Waals surface area contributed by atoms with Gasteiger partial charge in [-0.1, -0.05) is 29.8 Å². The van der Waals surface area contributed by atoms with Crippen LogP contribution in [0.3, 0.4) is 0 Å². The highest BCUT2D eigenvalue weighted by atomic mass is 127. The van der Waals surface area contributed by atoms with Crippen molar-refractivity contribution >= 4 is 40.0 Å². The Balaban J connectivity index is 0.00000512. The van der Waals surface area contributed by atoms with Crippen LogP contribution in [0.2, 0.25) is 0 Å². The van der Waals surface area contributed by atoms with Crippen molar-refractivity contribution in [2.45, 2.75) is 31.3 Å². The highest BCUT2D eigenvalue weighted by Gasteiger charge is 2.15. The Kier molecular flexibility index (Phi) is 12.0. The lowest BCUT2D eigenvalue weighted by Gasteiger charge is -2.21. The van der Waals surface area contributed by atoms with Crippen molar-refractivity contribution < 1.29 is 17.9 Å². The molecule has 0 bridgehead atoms. The molecule has 0 heterocycles. The Morgan fingerprint density at radius 1 is 1.16 bits per heavy atom. The van der Waals surface area contributed by atoms with Gasteiger partial charge in [-0.15, -0.1) is 24.0 Å². The maximum atomic E-state index is 12.4. The van der Waals surface area contributed by atoms with Crippen LogP contribution in [0.4, 0.5) is 0 Å². The summed E-state index contributed by atoms with van der Waals surface area (Å²) in [7, 11) is 1.28. The molecule has 2 rings (SSSR count). The predicted molar refractivity (Wildman–Crippen MR) is 138 cm³/mol. The summed E-state index contributed by atoms with van der Waals surface area (Å²) in [5.41, 5.74) is 2.99. The van der Waals surface area contributed by atoms with Crippen LogP contribution in [-0.2, 0) is 21.3 Å². The SMILES string of the molecule is CN=C(NCc1cccc(S(=O)(=O)NCCOC)c1)NC(C)c1cc(C)ccc1OC.I. The highest BCUT2D eigenvalue weighted by molar-refractivity contribution is 14.0. The Hall–Kier alpha value is -1.89. The fourth-order valence-corrected chi connectivity index (χ4v) is 4.12. The monoisotopic (exact) mass is 576 g/mol. The summed E-state index contributed by atoms with van der Waals surface area (Å²) in [5, 5.41) is 6.58. The van der Waals surface area contributed by atoms with Crippen LogP contribution in [0.5, 0.6) is 5.75 Å². The first-order valence-corrected chi connectivity index (χ1v) is 11.5. The predicted octanol–water partition coefficient (Wildman–Crippen LogP) is 2.97. The number of halogens is 1. The molecule has 178 valence electrons. The molecule has 1 atom stereocenters. The van der Waals surface area contributed by atoms with Gasteiger partial charge >= 0.3 is 0 Å². The maximum absolute atomic E-state index is 12.4. The largest absolute Gasteiger partial charge is 0.496 e. The van der Waals surface area contributed by atoms with Crippen LogP contribution in [0.1, 0.15) is 29.7 Å². The maximum Gasteiger partial charge on any atom is 0.240 e. The molecule has 0 saturated heterocycles. The van der Waals surface area contributed by atoms with E-state index in [0.717, 1.165) is 22.4 Å². The van der Waals surface area contributed by atoms with Crippen LogP contribution >= 0.6 is 24.0 Å². The number of nitrogens with one attached hydrogen (secondary N) is 3. The zero-order chi connectivity index (χ0) is 22.9. The van der Waals surface area contributed by atoms with Gasteiger partial charge in [-0.2, -0.15) is 0 Å². The number of methoxy groups -OCH3 is 2. The summed E-state index contributed by atoms with van der Waals surface area (Å²) in [6, 6.07) is 12.8. The number of guanidine groups is 1. The van der Waals surface area contributed by atoms with Gasteiger partial charge in [0, 0.05) is 32.8 Å². The summed E-state index contributed by atoms with van der Waals surface area (Å²) in [6.07, 6.45) is 0. The third-order valence-corrected chi connectivity index (χ3v) is 6.15. The second-order valence-corrected chi connectivity index (χ2v) is 8.84. The van der Waals surface area contributed by atoms with Crippen LogP contribution in [0.15, 0.2) is 52.4 Å². The number of ether oxygens (including phenoxy) is 2. The smallest absolute Gasteiger partial charge is 0.240 e. The Morgan fingerprint density at radius 2 is 1.91 bits per heavy atom. The number of hydrogen-bond donors (Lipinski definition) is 3. The molecule has 32 heavy (non-hydrogen) atoms. The first-order chi connectivity index (χ1) is 14.8. The van der Waals surface area contributed by atoms with Crippen LogP contribution in [0, 0.1) is 6.92 Å². The second kappa shape index (κ2) is 13.6. The number of rotatable bonds is 10. The number of sulfonamides is 1. The molecule has 3 N–H and O–H groups in total. The molecule has 2 aromatic carbocycles. The first kappa shape index (κ1) is 28.1. The second-order valence-electron chi connectivity index (χ2n) is 7.08.